The molecule has 1 aliphatic heterocycles. The summed E-state index contributed by atoms with van der Waals surface area (Å²) < 4.78 is 0. The van der Waals surface area contributed by atoms with Gasteiger partial charge in [-0.25, -0.2) is 9.69 Å². The van der Waals surface area contributed by atoms with Gasteiger partial charge in [-0.3, -0.25) is 14.9 Å². The molecule has 5 nitrogen and oxygen atoms in total. The fourth-order valence-electron chi connectivity index (χ4n) is 2.10. The van der Waals surface area contributed by atoms with Gasteiger partial charge in [0.05, 0.1) is 5.69 Å². The van der Waals surface area contributed by atoms with Gasteiger partial charge < -0.3 is 0 Å². The first-order valence-corrected chi connectivity index (χ1v) is 7.46. The summed E-state index contributed by atoms with van der Waals surface area (Å²) in [4.78, 5) is 38.2. The van der Waals surface area contributed by atoms with Crippen molar-refractivity contribution in [3.05, 3.63) is 57.8 Å². The Balaban J connectivity index is 2.01. The van der Waals surface area contributed by atoms with Crippen molar-refractivity contribution in [2.45, 2.75) is 6.92 Å². The molecule has 1 fully saturated rings. The van der Waals surface area contributed by atoms with Crippen molar-refractivity contribution in [2.24, 2.45) is 0 Å². The summed E-state index contributed by atoms with van der Waals surface area (Å²) in [5, 5.41) is 4.05. The summed E-state index contributed by atoms with van der Waals surface area (Å²) >= 11 is 1.41. The highest BCUT2D eigenvalue weighted by molar-refractivity contribution is 7.10. The van der Waals surface area contributed by atoms with Crippen LogP contribution in [-0.4, -0.2) is 17.8 Å². The average Bonchev–Trinajstić information content (AvgIpc) is 2.98. The van der Waals surface area contributed by atoms with Crippen LogP contribution in [0.25, 0.3) is 6.08 Å². The molecule has 1 N–H and O–H groups in total. The Morgan fingerprint density at radius 2 is 1.82 bits per heavy atom. The van der Waals surface area contributed by atoms with E-state index in [0.717, 1.165) is 15.3 Å². The number of aryl methyl sites for hydroxylation is 1. The number of barbiturate groups is 1. The molecule has 0 radical (unpaired) electrons. The molecule has 1 saturated heterocycles. The Morgan fingerprint density at radius 3 is 2.45 bits per heavy atom. The quantitative estimate of drug-likeness (QED) is 0.685. The molecule has 0 unspecified atom stereocenters. The van der Waals surface area contributed by atoms with Crippen LogP contribution in [-0.2, 0) is 9.59 Å². The normalized spacial score (nSPS) is 17.0. The van der Waals surface area contributed by atoms with Gasteiger partial charge in [0.15, 0.2) is 0 Å². The zero-order valence-corrected chi connectivity index (χ0v) is 12.5. The van der Waals surface area contributed by atoms with E-state index in [1.165, 1.54) is 17.4 Å². The minimum Gasteiger partial charge on any atom is -0.273 e. The molecule has 0 atom stereocenters. The van der Waals surface area contributed by atoms with Gasteiger partial charge >= 0.3 is 6.03 Å². The van der Waals surface area contributed by atoms with Crippen LogP contribution in [0.2, 0.25) is 0 Å². The number of amides is 4. The molecule has 3 rings (SSSR count). The van der Waals surface area contributed by atoms with Crippen LogP contribution in [0.1, 0.15) is 10.4 Å². The number of carbonyl (C=O) groups is 3. The van der Waals surface area contributed by atoms with E-state index in [9.17, 15) is 14.4 Å². The summed E-state index contributed by atoms with van der Waals surface area (Å²) in [6, 6.07) is 9.83. The van der Waals surface area contributed by atoms with Crippen molar-refractivity contribution in [3.8, 4) is 0 Å². The molecule has 0 spiro atoms. The number of hydrogen-bond acceptors (Lipinski definition) is 4. The number of rotatable bonds is 2. The van der Waals surface area contributed by atoms with E-state index < -0.39 is 17.8 Å². The lowest BCUT2D eigenvalue weighted by atomic mass is 10.1. The van der Waals surface area contributed by atoms with Gasteiger partial charge in [0, 0.05) is 4.88 Å². The second-order valence-corrected chi connectivity index (χ2v) is 5.79. The maximum absolute atomic E-state index is 12.5. The zero-order chi connectivity index (χ0) is 15.7. The van der Waals surface area contributed by atoms with Crippen molar-refractivity contribution in [3.63, 3.8) is 0 Å². The number of benzene rings is 1. The maximum Gasteiger partial charge on any atom is 0.335 e. The van der Waals surface area contributed by atoms with E-state index in [4.69, 9.17) is 0 Å². The molecule has 2 aromatic rings. The first-order valence-electron chi connectivity index (χ1n) is 6.58. The highest BCUT2D eigenvalue weighted by Gasteiger charge is 2.36. The number of imide groups is 2. The molecule has 2 heterocycles. The van der Waals surface area contributed by atoms with Gasteiger partial charge in [-0.2, -0.15) is 0 Å². The van der Waals surface area contributed by atoms with Gasteiger partial charge in [0.2, 0.25) is 0 Å². The summed E-state index contributed by atoms with van der Waals surface area (Å²) in [6.45, 7) is 1.91. The lowest BCUT2D eigenvalue weighted by Crippen LogP contribution is -2.54. The van der Waals surface area contributed by atoms with Crippen LogP contribution in [0.3, 0.4) is 0 Å². The standard InChI is InChI=1S/C16H12N2O3S/c1-10-4-6-11(7-5-10)18-15(20)13(14(19)17-16(18)21)9-12-3-2-8-22-12/h2-9H,1H3,(H,17,19,21). The average molecular weight is 312 g/mol. The predicted octanol–water partition coefficient (Wildman–Crippen LogP) is 2.72. The van der Waals surface area contributed by atoms with Crippen molar-refractivity contribution < 1.29 is 14.4 Å². The summed E-state index contributed by atoms with van der Waals surface area (Å²) in [5.41, 5.74) is 1.39. The van der Waals surface area contributed by atoms with Crippen molar-refractivity contribution in [2.75, 3.05) is 4.90 Å². The van der Waals surface area contributed by atoms with E-state index in [2.05, 4.69) is 5.32 Å². The third-order valence-corrected chi connectivity index (χ3v) is 4.04. The van der Waals surface area contributed by atoms with Crippen LogP contribution in [0, 0.1) is 6.92 Å². The minimum absolute atomic E-state index is 0.0531. The molecule has 110 valence electrons. The number of nitrogens with zero attached hydrogens (tertiary/aromatic N) is 1. The van der Waals surface area contributed by atoms with Crippen molar-refractivity contribution in [1.82, 2.24) is 5.32 Å². The van der Waals surface area contributed by atoms with Gasteiger partial charge in [0.1, 0.15) is 5.57 Å². The number of hydrogen-bond donors (Lipinski definition) is 1. The second kappa shape index (κ2) is 5.57. The van der Waals surface area contributed by atoms with Gasteiger partial charge in [0.25, 0.3) is 11.8 Å². The van der Waals surface area contributed by atoms with Crippen LogP contribution in [0.4, 0.5) is 10.5 Å². The molecule has 1 aromatic carbocycles. The van der Waals surface area contributed by atoms with Crippen LogP contribution in [0.5, 0.6) is 0 Å². The Labute approximate surface area is 130 Å². The van der Waals surface area contributed by atoms with E-state index in [1.54, 1.807) is 30.3 Å². The highest BCUT2D eigenvalue weighted by atomic mass is 32.1. The van der Waals surface area contributed by atoms with E-state index in [0.29, 0.717) is 5.69 Å². The zero-order valence-electron chi connectivity index (χ0n) is 11.7. The first-order chi connectivity index (χ1) is 10.6. The van der Waals surface area contributed by atoms with E-state index in [-0.39, 0.29) is 5.57 Å². The largest absolute Gasteiger partial charge is 0.335 e. The van der Waals surface area contributed by atoms with Crippen LogP contribution in [0.15, 0.2) is 47.4 Å². The fourth-order valence-corrected chi connectivity index (χ4v) is 2.76. The molecular weight excluding hydrogens is 300 g/mol. The number of urea groups is 1. The number of thiophene rings is 1. The highest BCUT2D eigenvalue weighted by Crippen LogP contribution is 2.23. The molecule has 1 aliphatic rings. The summed E-state index contributed by atoms with van der Waals surface area (Å²) in [7, 11) is 0. The molecule has 0 bridgehead atoms. The molecule has 6 heteroatoms. The number of carbonyl (C=O) groups excluding carboxylic acids is 3. The van der Waals surface area contributed by atoms with Crippen molar-refractivity contribution in [1.29, 1.82) is 0 Å². The second-order valence-electron chi connectivity index (χ2n) is 4.81. The molecular formula is C16H12N2O3S. The third kappa shape index (κ3) is 2.56. The minimum atomic E-state index is -0.734. The SMILES string of the molecule is Cc1ccc(N2C(=O)NC(=O)C(=Cc3cccs3)C2=O)cc1. The first kappa shape index (κ1) is 14.2. The van der Waals surface area contributed by atoms with E-state index in [1.807, 2.05) is 18.4 Å². The summed E-state index contributed by atoms with van der Waals surface area (Å²) in [6.07, 6.45) is 1.50. The Hall–Kier alpha value is -2.73. The lowest BCUT2D eigenvalue weighted by molar-refractivity contribution is -0.122. The summed E-state index contributed by atoms with van der Waals surface area (Å²) in [5.74, 6) is -1.29. The van der Waals surface area contributed by atoms with Gasteiger partial charge in [-0.05, 0) is 36.6 Å². The maximum atomic E-state index is 12.5. The van der Waals surface area contributed by atoms with Crippen molar-refractivity contribution >= 4 is 40.9 Å². The lowest BCUT2D eigenvalue weighted by Gasteiger charge is -2.26. The Morgan fingerprint density at radius 1 is 1.09 bits per heavy atom. The van der Waals surface area contributed by atoms with Gasteiger partial charge in [-0.15, -0.1) is 11.3 Å². The third-order valence-electron chi connectivity index (χ3n) is 3.22. The van der Waals surface area contributed by atoms with Gasteiger partial charge in [-0.1, -0.05) is 23.8 Å². The molecule has 4 amide bonds. The molecule has 0 aliphatic carbocycles. The predicted molar refractivity (Wildman–Crippen MR) is 84.5 cm³/mol. The smallest absolute Gasteiger partial charge is 0.273 e. The van der Waals surface area contributed by atoms with Crippen LogP contribution >= 0.6 is 11.3 Å². The molecule has 0 saturated carbocycles. The number of anilines is 1. The fraction of sp³-hybridized carbons (Fsp3) is 0.0625. The number of nitrogens with one attached hydrogen (secondary N) is 1. The molecule has 1 aromatic heterocycles. The van der Waals surface area contributed by atoms with E-state index >= 15 is 0 Å². The molecule has 22 heavy (non-hydrogen) atoms. The monoisotopic (exact) mass is 312 g/mol. The Bertz CT molecular complexity index is 776. The topological polar surface area (TPSA) is 66.5 Å². The van der Waals surface area contributed by atoms with Crippen LogP contribution < -0.4 is 10.2 Å². The Kier molecular flexibility index (Phi) is 3.60.